The van der Waals surface area contributed by atoms with Gasteiger partial charge in [-0.25, -0.2) is 0 Å². The van der Waals surface area contributed by atoms with Crippen molar-refractivity contribution in [3.8, 4) is 0 Å². The van der Waals surface area contributed by atoms with Gasteiger partial charge in [0.15, 0.2) is 12.4 Å². The van der Waals surface area contributed by atoms with Crippen LogP contribution in [0.15, 0.2) is 85.1 Å². The van der Waals surface area contributed by atoms with Crippen LogP contribution in [0, 0.1) is 0 Å². The first kappa shape index (κ1) is 53.9. The Hall–Kier alpha value is -3.12. The fourth-order valence-corrected chi connectivity index (χ4v) is 6.18. The van der Waals surface area contributed by atoms with Gasteiger partial charge in [0.1, 0.15) is 31.0 Å². The van der Waals surface area contributed by atoms with Crippen LogP contribution in [-0.2, 0) is 28.5 Å². The number of rotatable bonds is 36. The zero-order chi connectivity index (χ0) is 43.0. The molecular formula is C49H80O10. The summed E-state index contributed by atoms with van der Waals surface area (Å²) in [6.07, 6.45) is 43.0. The molecule has 0 aromatic heterocycles. The summed E-state index contributed by atoms with van der Waals surface area (Å²) in [6, 6.07) is 0. The summed E-state index contributed by atoms with van der Waals surface area (Å²) < 4.78 is 22.1. The van der Waals surface area contributed by atoms with Gasteiger partial charge in [0, 0.05) is 12.8 Å². The van der Waals surface area contributed by atoms with Gasteiger partial charge in [0.25, 0.3) is 0 Å². The lowest BCUT2D eigenvalue weighted by atomic mass is 9.99. The van der Waals surface area contributed by atoms with E-state index in [2.05, 4.69) is 98.9 Å². The van der Waals surface area contributed by atoms with Crippen molar-refractivity contribution in [3.05, 3.63) is 85.1 Å². The summed E-state index contributed by atoms with van der Waals surface area (Å²) in [5.74, 6) is -0.891. The molecule has 0 amide bonds. The number of allylic oxidation sites excluding steroid dienone is 14. The van der Waals surface area contributed by atoms with Gasteiger partial charge in [-0.2, -0.15) is 0 Å². The van der Waals surface area contributed by atoms with Crippen LogP contribution in [0.3, 0.4) is 0 Å². The normalized spacial score (nSPS) is 20.8. The molecule has 0 aromatic carbocycles. The lowest BCUT2D eigenvalue weighted by Gasteiger charge is -2.39. The molecule has 0 aromatic rings. The number of esters is 2. The Balaban J connectivity index is 2.39. The number of hydrogen-bond acceptors (Lipinski definition) is 10. The first-order valence-electron chi connectivity index (χ1n) is 22.7. The van der Waals surface area contributed by atoms with Gasteiger partial charge in [0.05, 0.1) is 13.2 Å². The molecule has 336 valence electrons. The summed E-state index contributed by atoms with van der Waals surface area (Å²) in [5.41, 5.74) is 0. The minimum Gasteiger partial charge on any atom is -0.462 e. The van der Waals surface area contributed by atoms with E-state index in [1.54, 1.807) is 0 Å². The number of carbonyl (C=O) groups excluding carboxylic acids is 2. The Morgan fingerprint density at radius 3 is 1.54 bits per heavy atom. The maximum Gasteiger partial charge on any atom is 0.306 e. The van der Waals surface area contributed by atoms with Crippen molar-refractivity contribution in [2.24, 2.45) is 0 Å². The molecule has 1 aliphatic rings. The van der Waals surface area contributed by atoms with Crippen LogP contribution < -0.4 is 0 Å². The monoisotopic (exact) mass is 829 g/mol. The molecule has 1 heterocycles. The molecule has 2 unspecified atom stereocenters. The van der Waals surface area contributed by atoms with Crippen molar-refractivity contribution < 1.29 is 49.0 Å². The van der Waals surface area contributed by atoms with E-state index in [0.29, 0.717) is 12.8 Å². The highest BCUT2D eigenvalue weighted by Crippen LogP contribution is 2.22. The number of ether oxygens (including phenoxy) is 4. The largest absolute Gasteiger partial charge is 0.462 e. The first-order chi connectivity index (χ1) is 28.8. The average Bonchev–Trinajstić information content (AvgIpc) is 3.23. The predicted octanol–water partition coefficient (Wildman–Crippen LogP) is 9.77. The van der Waals surface area contributed by atoms with Crippen LogP contribution in [0.2, 0.25) is 0 Å². The summed E-state index contributed by atoms with van der Waals surface area (Å²) >= 11 is 0. The van der Waals surface area contributed by atoms with Gasteiger partial charge in [-0.3, -0.25) is 9.59 Å². The summed E-state index contributed by atoms with van der Waals surface area (Å²) in [6.45, 7) is 3.22. The minimum atomic E-state index is -1.61. The number of aliphatic hydroxyl groups is 4. The maximum atomic E-state index is 12.8. The van der Waals surface area contributed by atoms with Crippen LogP contribution >= 0.6 is 0 Å². The minimum absolute atomic E-state index is 0.179. The Morgan fingerprint density at radius 1 is 0.542 bits per heavy atom. The molecule has 0 spiro atoms. The molecule has 0 radical (unpaired) electrons. The van der Waals surface area contributed by atoms with E-state index in [1.807, 2.05) is 0 Å². The highest BCUT2D eigenvalue weighted by Gasteiger charge is 2.44. The fraction of sp³-hybridized carbons (Fsp3) is 0.673. The molecular weight excluding hydrogens is 749 g/mol. The molecule has 0 saturated carbocycles. The zero-order valence-corrected chi connectivity index (χ0v) is 36.5. The van der Waals surface area contributed by atoms with Gasteiger partial charge in [-0.1, -0.05) is 137 Å². The summed E-state index contributed by atoms with van der Waals surface area (Å²) in [5, 5.41) is 40.1. The third-order valence-corrected chi connectivity index (χ3v) is 9.76. The number of aliphatic hydroxyl groups excluding tert-OH is 4. The van der Waals surface area contributed by atoms with Crippen molar-refractivity contribution in [3.63, 3.8) is 0 Å². The van der Waals surface area contributed by atoms with E-state index in [0.717, 1.165) is 77.0 Å². The van der Waals surface area contributed by atoms with Crippen molar-refractivity contribution in [2.45, 2.75) is 192 Å². The van der Waals surface area contributed by atoms with Crippen LogP contribution in [-0.4, -0.2) is 89.0 Å². The lowest BCUT2D eigenvalue weighted by Crippen LogP contribution is -2.59. The second-order valence-electron chi connectivity index (χ2n) is 15.1. The van der Waals surface area contributed by atoms with Crippen molar-refractivity contribution in [1.82, 2.24) is 0 Å². The lowest BCUT2D eigenvalue weighted by molar-refractivity contribution is -0.305. The van der Waals surface area contributed by atoms with Crippen molar-refractivity contribution in [2.75, 3.05) is 19.8 Å². The molecule has 1 fully saturated rings. The van der Waals surface area contributed by atoms with Gasteiger partial charge in [-0.05, 0) is 89.9 Å². The predicted molar refractivity (Wildman–Crippen MR) is 237 cm³/mol. The molecule has 10 nitrogen and oxygen atoms in total. The number of hydrogen-bond donors (Lipinski definition) is 4. The topological polar surface area (TPSA) is 152 Å². The van der Waals surface area contributed by atoms with Gasteiger partial charge in [0.2, 0.25) is 0 Å². The molecule has 1 saturated heterocycles. The second-order valence-corrected chi connectivity index (χ2v) is 15.1. The summed E-state index contributed by atoms with van der Waals surface area (Å²) in [4.78, 5) is 25.3. The second kappa shape index (κ2) is 39.0. The smallest absolute Gasteiger partial charge is 0.306 e. The molecule has 59 heavy (non-hydrogen) atoms. The molecule has 10 heteroatoms. The fourth-order valence-electron chi connectivity index (χ4n) is 6.18. The molecule has 0 bridgehead atoms. The Bertz CT molecular complexity index is 1230. The Kier molecular flexibility index (Phi) is 35.7. The van der Waals surface area contributed by atoms with Crippen LogP contribution in [0.25, 0.3) is 0 Å². The SMILES string of the molecule is CC/C=C/C/C=C/C/C=C/C/C=C/C/C=C/CCCCCC(=O)O[C@H](COC(=O)CCCC/C=C/C/C=C/CCCCCCCC)CO[C@@H]1O[C@H](CO)[C@H](O)C(O)C1O. The zero-order valence-electron chi connectivity index (χ0n) is 36.5. The number of carbonyl (C=O) groups is 2. The molecule has 1 rings (SSSR count). The Morgan fingerprint density at radius 2 is 1.00 bits per heavy atom. The number of unbranched alkanes of at least 4 members (excludes halogenated alkanes) is 11. The molecule has 0 aliphatic carbocycles. The van der Waals surface area contributed by atoms with Gasteiger partial charge in [-0.15, -0.1) is 0 Å². The first-order valence-corrected chi connectivity index (χ1v) is 22.7. The van der Waals surface area contributed by atoms with E-state index in [1.165, 1.54) is 38.5 Å². The van der Waals surface area contributed by atoms with E-state index < -0.39 is 55.4 Å². The van der Waals surface area contributed by atoms with E-state index in [9.17, 15) is 30.0 Å². The molecule has 1 aliphatic heterocycles. The Labute approximate surface area is 356 Å². The van der Waals surface area contributed by atoms with E-state index in [-0.39, 0.29) is 26.1 Å². The van der Waals surface area contributed by atoms with Crippen molar-refractivity contribution >= 4 is 11.9 Å². The van der Waals surface area contributed by atoms with Gasteiger partial charge < -0.3 is 39.4 Å². The highest BCUT2D eigenvalue weighted by atomic mass is 16.7. The van der Waals surface area contributed by atoms with E-state index in [4.69, 9.17) is 18.9 Å². The van der Waals surface area contributed by atoms with Crippen molar-refractivity contribution in [1.29, 1.82) is 0 Å². The quantitative estimate of drug-likeness (QED) is 0.0273. The molecule has 4 N–H and O–H groups in total. The maximum absolute atomic E-state index is 12.8. The van der Waals surface area contributed by atoms with Gasteiger partial charge >= 0.3 is 11.9 Å². The van der Waals surface area contributed by atoms with Crippen LogP contribution in [0.1, 0.15) is 155 Å². The van der Waals surface area contributed by atoms with Crippen LogP contribution in [0.4, 0.5) is 0 Å². The average molecular weight is 829 g/mol. The standard InChI is InChI=1S/C49H80O10/c1-3-5-7-9-11-13-15-17-19-20-21-22-24-26-28-30-32-34-36-38-45(52)58-42(41-57-49-48(55)47(54)46(53)43(39-50)59-49)40-56-44(51)37-35-33-31-29-27-25-23-18-16-14-12-10-8-6-4-2/h5,7,11,13,17-19,21-23,26-29,42-43,46-50,53-55H,3-4,6,8-10,12,14-16,20,24-25,30-41H2,1-2H3/b7-5+,13-11+,19-17+,22-21+,23-18+,28-26+,29-27+/t42-,43-,46+,47?,48?,49-/m1/s1. The van der Waals surface area contributed by atoms with Crippen LogP contribution in [0.5, 0.6) is 0 Å². The van der Waals surface area contributed by atoms with E-state index >= 15 is 0 Å². The third-order valence-electron chi connectivity index (χ3n) is 9.76. The third kappa shape index (κ3) is 30.5. The highest BCUT2D eigenvalue weighted by molar-refractivity contribution is 5.70. The molecule has 6 atom stereocenters. The summed E-state index contributed by atoms with van der Waals surface area (Å²) in [7, 11) is 0.